The average molecular weight is 635 g/mol. The van der Waals surface area contributed by atoms with E-state index in [1.165, 1.54) is 17.0 Å². The summed E-state index contributed by atoms with van der Waals surface area (Å²) in [6, 6.07) is 18.4. The number of hydrogen-bond donors (Lipinski definition) is 1. The van der Waals surface area contributed by atoms with E-state index in [2.05, 4.69) is 5.32 Å². The second kappa shape index (κ2) is 14.3. The summed E-state index contributed by atoms with van der Waals surface area (Å²) in [5.74, 6) is -0.417. The van der Waals surface area contributed by atoms with Crippen LogP contribution in [0.2, 0.25) is 10.0 Å². The van der Waals surface area contributed by atoms with Crippen LogP contribution in [0.15, 0.2) is 77.7 Å². The van der Waals surface area contributed by atoms with Crippen molar-refractivity contribution in [3.8, 4) is 5.75 Å². The van der Waals surface area contributed by atoms with Gasteiger partial charge in [0.25, 0.3) is 10.0 Å². The van der Waals surface area contributed by atoms with E-state index < -0.39 is 34.1 Å². The van der Waals surface area contributed by atoms with E-state index in [0.29, 0.717) is 28.0 Å². The zero-order valence-electron chi connectivity index (χ0n) is 24.4. The molecule has 1 atom stereocenters. The molecule has 226 valence electrons. The van der Waals surface area contributed by atoms with E-state index in [4.69, 9.17) is 27.9 Å². The quantitative estimate of drug-likeness (QED) is 0.252. The van der Waals surface area contributed by atoms with Crippen LogP contribution in [-0.4, -0.2) is 49.9 Å². The number of sulfonamides is 1. The Bertz CT molecular complexity index is 1460. The van der Waals surface area contributed by atoms with Crippen LogP contribution in [0.3, 0.4) is 0 Å². The normalized spacial score (nSPS) is 12.4. The number of halogens is 2. The second-order valence-electron chi connectivity index (χ2n) is 10.6. The molecular weight excluding hydrogens is 597 g/mol. The third-order valence-electron chi connectivity index (χ3n) is 6.32. The van der Waals surface area contributed by atoms with Crippen molar-refractivity contribution in [1.82, 2.24) is 10.2 Å². The number of amides is 2. The predicted molar refractivity (Wildman–Crippen MR) is 168 cm³/mol. The highest BCUT2D eigenvalue weighted by Gasteiger charge is 2.35. The highest BCUT2D eigenvalue weighted by atomic mass is 35.5. The molecule has 0 saturated carbocycles. The van der Waals surface area contributed by atoms with Crippen molar-refractivity contribution in [2.24, 2.45) is 0 Å². The summed E-state index contributed by atoms with van der Waals surface area (Å²) in [4.78, 5) is 29.0. The number of carbonyl (C=O) groups is 2. The Balaban J connectivity index is 2.10. The Kier molecular flexibility index (Phi) is 11.3. The summed E-state index contributed by atoms with van der Waals surface area (Å²) in [5, 5.41) is 3.59. The molecule has 0 spiro atoms. The van der Waals surface area contributed by atoms with Crippen molar-refractivity contribution in [1.29, 1.82) is 0 Å². The van der Waals surface area contributed by atoms with E-state index in [1.807, 2.05) is 27.7 Å². The molecule has 0 aliphatic heterocycles. The lowest BCUT2D eigenvalue weighted by Gasteiger charge is -2.35. The first kappa shape index (κ1) is 33.2. The maximum Gasteiger partial charge on any atom is 0.264 e. The zero-order chi connectivity index (χ0) is 31.1. The van der Waals surface area contributed by atoms with Gasteiger partial charge >= 0.3 is 0 Å². The molecule has 0 heterocycles. The van der Waals surface area contributed by atoms with Gasteiger partial charge in [-0.3, -0.25) is 13.9 Å². The summed E-state index contributed by atoms with van der Waals surface area (Å²) in [6.07, 6.45) is 0.268. The highest BCUT2D eigenvalue weighted by molar-refractivity contribution is 7.92. The first-order chi connectivity index (χ1) is 19.8. The van der Waals surface area contributed by atoms with Gasteiger partial charge in [0.2, 0.25) is 11.8 Å². The van der Waals surface area contributed by atoms with E-state index in [9.17, 15) is 18.0 Å². The molecule has 0 bridgehead atoms. The molecule has 1 N–H and O–H groups in total. The van der Waals surface area contributed by atoms with E-state index in [0.717, 1.165) is 4.31 Å². The van der Waals surface area contributed by atoms with Crippen LogP contribution in [-0.2, 0) is 26.2 Å². The van der Waals surface area contributed by atoms with Gasteiger partial charge in [-0.05, 0) is 82.6 Å². The summed E-state index contributed by atoms with van der Waals surface area (Å²) in [6.45, 7) is 8.92. The van der Waals surface area contributed by atoms with Crippen LogP contribution < -0.4 is 14.4 Å². The van der Waals surface area contributed by atoms with Gasteiger partial charge in [0.1, 0.15) is 18.3 Å². The number of benzene rings is 3. The largest absolute Gasteiger partial charge is 0.494 e. The lowest BCUT2D eigenvalue weighted by Crippen LogP contribution is -2.55. The first-order valence-electron chi connectivity index (χ1n) is 13.6. The molecule has 0 unspecified atom stereocenters. The minimum absolute atomic E-state index is 0.0184. The summed E-state index contributed by atoms with van der Waals surface area (Å²) >= 11 is 12.9. The van der Waals surface area contributed by atoms with E-state index >= 15 is 0 Å². The Morgan fingerprint density at radius 1 is 0.905 bits per heavy atom. The highest BCUT2D eigenvalue weighted by Crippen LogP contribution is 2.29. The maximum atomic E-state index is 14.2. The second-order valence-corrected chi connectivity index (χ2v) is 13.3. The van der Waals surface area contributed by atoms with Crippen LogP contribution in [0.1, 0.15) is 46.6 Å². The van der Waals surface area contributed by atoms with Gasteiger partial charge in [-0.25, -0.2) is 8.42 Å². The van der Waals surface area contributed by atoms with Crippen LogP contribution in [0.4, 0.5) is 5.69 Å². The minimum atomic E-state index is -4.19. The SMILES string of the molecule is CCOc1ccc(N(CC(=O)N(Cc2c(Cl)cccc2Cl)[C@H](CC)C(=O)NC(C)(C)C)S(=O)(=O)c2ccccc2)cc1. The summed E-state index contributed by atoms with van der Waals surface area (Å²) < 4.78 is 34.4. The molecule has 3 aromatic rings. The van der Waals surface area contributed by atoms with E-state index in [-0.39, 0.29) is 29.5 Å². The lowest BCUT2D eigenvalue weighted by atomic mass is 10.1. The fourth-order valence-corrected chi connectivity index (χ4v) is 6.30. The molecule has 8 nitrogen and oxygen atoms in total. The van der Waals surface area contributed by atoms with Crippen molar-refractivity contribution in [3.63, 3.8) is 0 Å². The number of rotatable bonds is 12. The lowest BCUT2D eigenvalue weighted by molar-refractivity contribution is -0.141. The molecule has 0 aliphatic carbocycles. The molecule has 0 aliphatic rings. The fourth-order valence-electron chi connectivity index (χ4n) is 4.35. The van der Waals surface area contributed by atoms with Crippen molar-refractivity contribution in [3.05, 3.63) is 88.4 Å². The van der Waals surface area contributed by atoms with Crippen molar-refractivity contribution < 1.29 is 22.7 Å². The molecule has 3 aromatic carbocycles. The fraction of sp³-hybridized carbons (Fsp3) is 0.355. The molecule has 0 saturated heterocycles. The Hall–Kier alpha value is -3.27. The van der Waals surface area contributed by atoms with Gasteiger partial charge in [-0.1, -0.05) is 54.4 Å². The molecule has 0 aromatic heterocycles. The van der Waals surface area contributed by atoms with Crippen LogP contribution in [0.25, 0.3) is 0 Å². The first-order valence-corrected chi connectivity index (χ1v) is 15.8. The third kappa shape index (κ3) is 8.40. The van der Waals surface area contributed by atoms with Gasteiger partial charge in [0.15, 0.2) is 0 Å². The summed E-state index contributed by atoms with van der Waals surface area (Å²) in [7, 11) is -4.19. The molecule has 0 fully saturated rings. The smallest absolute Gasteiger partial charge is 0.264 e. The Morgan fingerprint density at radius 3 is 2.02 bits per heavy atom. The van der Waals surface area contributed by atoms with Crippen molar-refractivity contribution in [2.75, 3.05) is 17.5 Å². The molecule has 42 heavy (non-hydrogen) atoms. The van der Waals surface area contributed by atoms with Gasteiger partial charge in [0, 0.05) is 27.7 Å². The number of nitrogens with zero attached hydrogens (tertiary/aromatic N) is 2. The van der Waals surface area contributed by atoms with Crippen LogP contribution >= 0.6 is 23.2 Å². The maximum absolute atomic E-state index is 14.2. The molecule has 0 radical (unpaired) electrons. The number of carbonyl (C=O) groups excluding carboxylic acids is 2. The van der Waals surface area contributed by atoms with Crippen LogP contribution in [0.5, 0.6) is 5.75 Å². The van der Waals surface area contributed by atoms with Crippen LogP contribution in [0, 0.1) is 0 Å². The number of hydrogen-bond acceptors (Lipinski definition) is 5. The standard InChI is InChI=1S/C31H37Cl2N3O5S/c1-6-28(30(38)34-31(3,4)5)35(20-25-26(32)14-11-15-27(25)33)29(37)21-36(22-16-18-23(19-17-22)41-7-2)42(39,40)24-12-9-8-10-13-24/h8-19,28H,6-7,20-21H2,1-5H3,(H,34,38)/t28-/m1/s1. The average Bonchev–Trinajstić information content (AvgIpc) is 2.93. The van der Waals surface area contributed by atoms with Crippen molar-refractivity contribution >= 4 is 50.7 Å². The monoisotopic (exact) mass is 633 g/mol. The molecule has 11 heteroatoms. The third-order valence-corrected chi connectivity index (χ3v) is 8.82. The van der Waals surface area contributed by atoms with Gasteiger partial charge < -0.3 is 15.0 Å². The molecule has 2 amide bonds. The number of anilines is 1. The van der Waals surface area contributed by atoms with Crippen molar-refractivity contribution in [2.45, 2.75) is 64.1 Å². The van der Waals surface area contributed by atoms with Gasteiger partial charge in [-0.15, -0.1) is 0 Å². The zero-order valence-corrected chi connectivity index (χ0v) is 26.8. The molecule has 3 rings (SSSR count). The number of nitrogens with one attached hydrogen (secondary N) is 1. The summed E-state index contributed by atoms with van der Waals surface area (Å²) in [5.41, 5.74) is 0.153. The minimum Gasteiger partial charge on any atom is -0.494 e. The molecular formula is C31H37Cl2N3O5S. The topological polar surface area (TPSA) is 96.0 Å². The Morgan fingerprint density at radius 2 is 1.50 bits per heavy atom. The predicted octanol–water partition coefficient (Wildman–Crippen LogP) is 6.31. The Labute approximate surface area is 258 Å². The van der Waals surface area contributed by atoms with Gasteiger partial charge in [0.05, 0.1) is 17.2 Å². The van der Waals surface area contributed by atoms with E-state index in [1.54, 1.807) is 67.6 Å². The number of ether oxygens (including phenoxy) is 1. The van der Waals surface area contributed by atoms with Gasteiger partial charge in [-0.2, -0.15) is 0 Å².